The van der Waals surface area contributed by atoms with E-state index >= 15 is 0 Å². The standard InChI is InChI=1S/C14H23P/c1-6-13(15)11-7-10(2)8-12(9-11)14(3,4)5/h7-9,13H,6,15H2,1-5H3. The summed E-state index contributed by atoms with van der Waals surface area (Å²) in [7, 11) is 2.93. The molecule has 1 rings (SSSR count). The zero-order chi connectivity index (χ0) is 11.6. The van der Waals surface area contributed by atoms with Crippen LogP contribution in [-0.4, -0.2) is 0 Å². The lowest BCUT2D eigenvalue weighted by molar-refractivity contribution is 0.588. The molecule has 0 saturated heterocycles. The summed E-state index contributed by atoms with van der Waals surface area (Å²) in [5, 5.41) is 0. The number of hydrogen-bond donors (Lipinski definition) is 0. The molecule has 0 saturated carbocycles. The molecule has 1 heteroatoms. The van der Waals surface area contributed by atoms with Crippen LogP contribution in [0.5, 0.6) is 0 Å². The highest BCUT2D eigenvalue weighted by atomic mass is 31.0. The summed E-state index contributed by atoms with van der Waals surface area (Å²) < 4.78 is 0. The van der Waals surface area contributed by atoms with Crippen molar-refractivity contribution in [1.29, 1.82) is 0 Å². The molecule has 0 aromatic heterocycles. The van der Waals surface area contributed by atoms with Gasteiger partial charge < -0.3 is 0 Å². The highest BCUT2D eigenvalue weighted by Crippen LogP contribution is 2.31. The summed E-state index contributed by atoms with van der Waals surface area (Å²) in [5.41, 5.74) is 5.11. The van der Waals surface area contributed by atoms with Crippen molar-refractivity contribution in [2.75, 3.05) is 0 Å². The lowest BCUT2D eigenvalue weighted by Gasteiger charge is -2.22. The molecule has 0 nitrogen and oxygen atoms in total. The van der Waals surface area contributed by atoms with E-state index in [2.05, 4.69) is 62.1 Å². The molecule has 0 heterocycles. The molecular formula is C14H23P. The maximum absolute atomic E-state index is 2.93. The SMILES string of the molecule is CCC(P)c1cc(C)cc(C(C)(C)C)c1. The van der Waals surface area contributed by atoms with E-state index in [1.54, 1.807) is 0 Å². The van der Waals surface area contributed by atoms with Gasteiger partial charge in [-0.3, -0.25) is 0 Å². The van der Waals surface area contributed by atoms with Gasteiger partial charge in [-0.2, -0.15) is 0 Å². The predicted octanol–water partition coefficient (Wildman–Crippen LogP) is 4.62. The van der Waals surface area contributed by atoms with Gasteiger partial charge in [0.15, 0.2) is 0 Å². The predicted molar refractivity (Wildman–Crippen MR) is 72.6 cm³/mol. The average molecular weight is 222 g/mol. The van der Waals surface area contributed by atoms with Gasteiger partial charge in [0, 0.05) is 0 Å². The van der Waals surface area contributed by atoms with E-state index in [4.69, 9.17) is 0 Å². The van der Waals surface area contributed by atoms with Crippen molar-refractivity contribution in [3.8, 4) is 0 Å². The van der Waals surface area contributed by atoms with Crippen molar-refractivity contribution in [2.24, 2.45) is 0 Å². The van der Waals surface area contributed by atoms with E-state index in [1.807, 2.05) is 0 Å². The summed E-state index contributed by atoms with van der Waals surface area (Å²) in [6, 6.07) is 6.96. The van der Waals surface area contributed by atoms with Gasteiger partial charge in [-0.1, -0.05) is 51.5 Å². The highest BCUT2D eigenvalue weighted by Gasteiger charge is 2.15. The summed E-state index contributed by atoms with van der Waals surface area (Å²) in [5.74, 6) is 0. The highest BCUT2D eigenvalue weighted by molar-refractivity contribution is 7.17. The minimum Gasteiger partial charge on any atom is -0.130 e. The quantitative estimate of drug-likeness (QED) is 0.640. The lowest BCUT2D eigenvalue weighted by atomic mass is 9.84. The summed E-state index contributed by atoms with van der Waals surface area (Å²) in [6.07, 6.45) is 1.18. The third-order valence-corrected chi connectivity index (χ3v) is 3.69. The van der Waals surface area contributed by atoms with Crippen LogP contribution in [0.15, 0.2) is 18.2 Å². The van der Waals surface area contributed by atoms with Crippen molar-refractivity contribution in [2.45, 2.75) is 52.1 Å². The molecule has 2 atom stereocenters. The first-order valence-corrected chi connectivity index (χ1v) is 6.39. The Hall–Kier alpha value is -0.350. The topological polar surface area (TPSA) is 0 Å². The van der Waals surface area contributed by atoms with Gasteiger partial charge in [-0.05, 0) is 35.5 Å². The van der Waals surface area contributed by atoms with Gasteiger partial charge in [0.2, 0.25) is 0 Å². The van der Waals surface area contributed by atoms with E-state index in [-0.39, 0.29) is 5.41 Å². The van der Waals surface area contributed by atoms with E-state index in [9.17, 15) is 0 Å². The van der Waals surface area contributed by atoms with Gasteiger partial charge >= 0.3 is 0 Å². The Labute approximate surface area is 96.7 Å². The zero-order valence-electron chi connectivity index (χ0n) is 10.6. The minimum atomic E-state index is 0.249. The first kappa shape index (κ1) is 12.7. The van der Waals surface area contributed by atoms with Crippen molar-refractivity contribution < 1.29 is 0 Å². The van der Waals surface area contributed by atoms with Crippen molar-refractivity contribution >= 4 is 9.24 Å². The van der Waals surface area contributed by atoms with Crippen LogP contribution in [0.25, 0.3) is 0 Å². The monoisotopic (exact) mass is 222 g/mol. The Morgan fingerprint density at radius 1 is 1.20 bits per heavy atom. The third kappa shape index (κ3) is 3.31. The van der Waals surface area contributed by atoms with E-state index in [0.29, 0.717) is 5.66 Å². The van der Waals surface area contributed by atoms with Crippen LogP contribution in [0.1, 0.15) is 56.5 Å². The summed E-state index contributed by atoms with van der Waals surface area (Å²) in [4.78, 5) is 0. The minimum absolute atomic E-state index is 0.249. The molecule has 0 N–H and O–H groups in total. The molecule has 15 heavy (non-hydrogen) atoms. The number of benzene rings is 1. The molecule has 0 radical (unpaired) electrons. The van der Waals surface area contributed by atoms with Crippen LogP contribution in [0.3, 0.4) is 0 Å². The molecule has 84 valence electrons. The van der Waals surface area contributed by atoms with Crippen LogP contribution in [0.2, 0.25) is 0 Å². The third-order valence-electron chi connectivity index (χ3n) is 2.83. The fourth-order valence-electron chi connectivity index (χ4n) is 1.70. The van der Waals surface area contributed by atoms with Gasteiger partial charge in [0.05, 0.1) is 0 Å². The fourth-order valence-corrected chi connectivity index (χ4v) is 1.89. The van der Waals surface area contributed by atoms with E-state index in [1.165, 1.54) is 23.1 Å². The maximum Gasteiger partial charge on any atom is -0.00170 e. The molecule has 0 bridgehead atoms. The second-order valence-corrected chi connectivity index (χ2v) is 6.20. The van der Waals surface area contributed by atoms with Gasteiger partial charge in [0.25, 0.3) is 0 Å². The molecule has 1 aromatic rings. The fraction of sp³-hybridized carbons (Fsp3) is 0.571. The van der Waals surface area contributed by atoms with Gasteiger partial charge in [-0.15, -0.1) is 9.24 Å². The van der Waals surface area contributed by atoms with Crippen LogP contribution in [0.4, 0.5) is 0 Å². The van der Waals surface area contributed by atoms with Crippen LogP contribution in [-0.2, 0) is 5.41 Å². The first-order valence-electron chi connectivity index (χ1n) is 5.72. The average Bonchev–Trinajstić information content (AvgIpc) is 2.14. The molecule has 0 spiro atoms. The summed E-state index contributed by atoms with van der Waals surface area (Å²) >= 11 is 0. The second-order valence-electron chi connectivity index (χ2n) is 5.40. The largest absolute Gasteiger partial charge is 0.130 e. The number of rotatable bonds is 2. The van der Waals surface area contributed by atoms with Crippen molar-refractivity contribution in [1.82, 2.24) is 0 Å². The summed E-state index contributed by atoms with van der Waals surface area (Å²) in [6.45, 7) is 11.2. The van der Waals surface area contributed by atoms with E-state index in [0.717, 1.165) is 0 Å². The Morgan fingerprint density at radius 2 is 1.80 bits per heavy atom. The molecule has 0 fully saturated rings. The molecule has 0 aliphatic heterocycles. The lowest BCUT2D eigenvalue weighted by Crippen LogP contribution is -2.12. The maximum atomic E-state index is 2.93. The molecule has 2 unspecified atom stereocenters. The normalized spacial score (nSPS) is 14.0. The molecule has 0 aliphatic carbocycles. The zero-order valence-corrected chi connectivity index (χ0v) is 11.7. The molecular weight excluding hydrogens is 199 g/mol. The molecule has 0 amide bonds. The number of aryl methyl sites for hydroxylation is 1. The second kappa shape index (κ2) is 4.66. The van der Waals surface area contributed by atoms with E-state index < -0.39 is 0 Å². The molecule has 1 aromatic carbocycles. The Balaban J connectivity index is 3.17. The number of hydrogen-bond acceptors (Lipinski definition) is 0. The van der Waals surface area contributed by atoms with Gasteiger partial charge in [-0.25, -0.2) is 0 Å². The van der Waals surface area contributed by atoms with Crippen LogP contribution in [0, 0.1) is 6.92 Å². The van der Waals surface area contributed by atoms with Gasteiger partial charge in [0.1, 0.15) is 0 Å². The first-order chi connectivity index (χ1) is 6.84. The van der Waals surface area contributed by atoms with Crippen molar-refractivity contribution in [3.05, 3.63) is 34.9 Å². The Morgan fingerprint density at radius 3 is 2.27 bits per heavy atom. The Bertz CT molecular complexity index is 334. The van der Waals surface area contributed by atoms with Crippen LogP contribution < -0.4 is 0 Å². The van der Waals surface area contributed by atoms with Crippen molar-refractivity contribution in [3.63, 3.8) is 0 Å². The Kier molecular flexibility index (Phi) is 3.95. The van der Waals surface area contributed by atoms with Crippen LogP contribution >= 0.6 is 9.24 Å². The smallest absolute Gasteiger partial charge is 0.00170 e. The molecule has 0 aliphatic rings.